The molecule has 8 heteroatoms. The number of aromatic nitrogens is 1. The van der Waals surface area contributed by atoms with Gasteiger partial charge in [-0.05, 0) is 35.9 Å². The number of carbonyl (C=O) groups excluding carboxylic acids is 3. The number of rotatable bonds is 7. The molecule has 0 bridgehead atoms. The van der Waals surface area contributed by atoms with E-state index in [2.05, 4.69) is 10.3 Å². The number of imide groups is 1. The summed E-state index contributed by atoms with van der Waals surface area (Å²) in [4.78, 5) is 41.4. The molecule has 144 valence electrons. The summed E-state index contributed by atoms with van der Waals surface area (Å²) in [7, 11) is 3.08. The molecule has 0 saturated heterocycles. The zero-order chi connectivity index (χ0) is 20.1. The van der Waals surface area contributed by atoms with Gasteiger partial charge in [0.15, 0.2) is 11.5 Å². The fourth-order valence-corrected chi connectivity index (χ4v) is 2.80. The molecule has 0 atom stereocenters. The molecule has 1 N–H and O–H groups in total. The minimum atomic E-state index is -0.448. The molecule has 1 aliphatic rings. The molecule has 8 nitrogen and oxygen atoms in total. The number of ether oxygens (including phenoxy) is 2. The topological polar surface area (TPSA) is 97.8 Å². The highest BCUT2D eigenvalue weighted by molar-refractivity contribution is 6.20. The van der Waals surface area contributed by atoms with Crippen LogP contribution in [0.25, 0.3) is 6.08 Å². The van der Waals surface area contributed by atoms with Crippen LogP contribution in [0, 0.1) is 0 Å². The van der Waals surface area contributed by atoms with Crippen molar-refractivity contribution in [2.24, 2.45) is 0 Å². The SMILES string of the molecule is COc1ccc(/C=C/C(=O)NCCN2C(=O)c3cccnc3C2=O)cc1OC. The molecule has 0 spiro atoms. The number of carbonyl (C=O) groups is 3. The predicted molar refractivity (Wildman–Crippen MR) is 101 cm³/mol. The van der Waals surface area contributed by atoms with Crippen molar-refractivity contribution in [1.82, 2.24) is 15.2 Å². The van der Waals surface area contributed by atoms with E-state index in [9.17, 15) is 14.4 Å². The van der Waals surface area contributed by atoms with Gasteiger partial charge in [-0.1, -0.05) is 6.07 Å². The largest absolute Gasteiger partial charge is 0.493 e. The third-order valence-electron chi connectivity index (χ3n) is 4.20. The number of pyridine rings is 1. The molecular weight excluding hydrogens is 362 g/mol. The van der Waals surface area contributed by atoms with Crippen molar-refractivity contribution in [3.05, 3.63) is 59.4 Å². The molecule has 2 heterocycles. The summed E-state index contributed by atoms with van der Waals surface area (Å²) >= 11 is 0. The summed E-state index contributed by atoms with van der Waals surface area (Å²) in [5.74, 6) is -0.0349. The fraction of sp³-hybridized carbons (Fsp3) is 0.200. The number of amides is 3. The van der Waals surface area contributed by atoms with Gasteiger partial charge in [0, 0.05) is 25.4 Å². The Balaban J connectivity index is 1.53. The molecular formula is C20H19N3O5. The smallest absolute Gasteiger partial charge is 0.280 e. The van der Waals surface area contributed by atoms with Crippen LogP contribution in [0.1, 0.15) is 26.4 Å². The number of hydrogen-bond donors (Lipinski definition) is 1. The van der Waals surface area contributed by atoms with Crippen molar-refractivity contribution in [2.75, 3.05) is 27.3 Å². The van der Waals surface area contributed by atoms with Gasteiger partial charge in [0.05, 0.1) is 19.8 Å². The van der Waals surface area contributed by atoms with E-state index in [1.807, 2.05) is 0 Å². The van der Waals surface area contributed by atoms with Crippen molar-refractivity contribution in [1.29, 1.82) is 0 Å². The third kappa shape index (κ3) is 3.85. The van der Waals surface area contributed by atoms with E-state index in [1.165, 1.54) is 19.4 Å². The van der Waals surface area contributed by atoms with Crippen LogP contribution in [0.2, 0.25) is 0 Å². The maximum Gasteiger partial charge on any atom is 0.280 e. The van der Waals surface area contributed by atoms with Gasteiger partial charge < -0.3 is 14.8 Å². The van der Waals surface area contributed by atoms with Crippen molar-refractivity contribution in [3.8, 4) is 11.5 Å². The maximum absolute atomic E-state index is 12.2. The van der Waals surface area contributed by atoms with Crippen molar-refractivity contribution in [3.63, 3.8) is 0 Å². The lowest BCUT2D eigenvalue weighted by Crippen LogP contribution is -2.37. The first-order chi connectivity index (χ1) is 13.5. The minimum absolute atomic E-state index is 0.0734. The lowest BCUT2D eigenvalue weighted by molar-refractivity contribution is -0.116. The van der Waals surface area contributed by atoms with Gasteiger partial charge in [-0.25, -0.2) is 0 Å². The highest BCUT2D eigenvalue weighted by Gasteiger charge is 2.36. The zero-order valence-corrected chi connectivity index (χ0v) is 15.5. The van der Waals surface area contributed by atoms with Crippen LogP contribution in [0.4, 0.5) is 0 Å². The first-order valence-electron chi connectivity index (χ1n) is 8.54. The van der Waals surface area contributed by atoms with E-state index >= 15 is 0 Å². The minimum Gasteiger partial charge on any atom is -0.493 e. The number of nitrogens with one attached hydrogen (secondary N) is 1. The van der Waals surface area contributed by atoms with Crippen LogP contribution in [0.15, 0.2) is 42.6 Å². The van der Waals surface area contributed by atoms with Gasteiger partial charge in [-0.3, -0.25) is 24.3 Å². The number of nitrogens with zero attached hydrogens (tertiary/aromatic N) is 2. The van der Waals surface area contributed by atoms with Gasteiger partial charge in [0.2, 0.25) is 5.91 Å². The van der Waals surface area contributed by atoms with Gasteiger partial charge in [-0.2, -0.15) is 0 Å². The first-order valence-corrected chi connectivity index (χ1v) is 8.54. The molecule has 0 aliphatic carbocycles. The zero-order valence-electron chi connectivity index (χ0n) is 15.5. The summed E-state index contributed by atoms with van der Waals surface area (Å²) in [5, 5.41) is 2.65. The number of methoxy groups -OCH3 is 2. The summed E-state index contributed by atoms with van der Waals surface area (Å²) in [6.45, 7) is 0.213. The predicted octanol–water partition coefficient (Wildman–Crippen LogP) is 1.52. The quantitative estimate of drug-likeness (QED) is 0.577. The summed E-state index contributed by atoms with van der Waals surface area (Å²) in [6.07, 6.45) is 4.46. The molecule has 0 fully saturated rings. The van der Waals surface area contributed by atoms with Crippen LogP contribution < -0.4 is 14.8 Å². The number of hydrogen-bond acceptors (Lipinski definition) is 6. The molecule has 1 aliphatic heterocycles. The van der Waals surface area contributed by atoms with Crippen molar-refractivity contribution < 1.29 is 23.9 Å². The second-order valence-electron chi connectivity index (χ2n) is 5.90. The highest BCUT2D eigenvalue weighted by atomic mass is 16.5. The second-order valence-corrected chi connectivity index (χ2v) is 5.90. The van der Waals surface area contributed by atoms with Crippen LogP contribution in [-0.2, 0) is 4.79 Å². The van der Waals surface area contributed by atoms with E-state index < -0.39 is 11.8 Å². The van der Waals surface area contributed by atoms with Gasteiger partial charge >= 0.3 is 0 Å². The summed E-state index contributed by atoms with van der Waals surface area (Å²) < 4.78 is 10.4. The maximum atomic E-state index is 12.2. The molecule has 0 saturated carbocycles. The molecule has 3 amide bonds. The Bertz CT molecular complexity index is 920. The highest BCUT2D eigenvalue weighted by Crippen LogP contribution is 2.27. The van der Waals surface area contributed by atoms with E-state index in [0.717, 1.165) is 10.5 Å². The number of benzene rings is 1. The molecule has 0 radical (unpaired) electrons. The molecule has 28 heavy (non-hydrogen) atoms. The van der Waals surface area contributed by atoms with Crippen LogP contribution in [0.3, 0.4) is 0 Å². The monoisotopic (exact) mass is 381 g/mol. The Kier molecular flexibility index (Phi) is 5.69. The Morgan fingerprint density at radius 1 is 1.14 bits per heavy atom. The number of fused-ring (bicyclic) bond motifs is 1. The van der Waals surface area contributed by atoms with E-state index in [1.54, 1.807) is 43.5 Å². The summed E-state index contributed by atoms with van der Waals surface area (Å²) in [5.41, 5.74) is 1.19. The average molecular weight is 381 g/mol. The van der Waals surface area contributed by atoms with E-state index in [4.69, 9.17) is 9.47 Å². The molecule has 2 aromatic rings. The lowest BCUT2D eigenvalue weighted by atomic mass is 10.2. The normalized spacial score (nSPS) is 13.0. The Morgan fingerprint density at radius 2 is 1.93 bits per heavy atom. The molecule has 1 aromatic carbocycles. The molecule has 1 aromatic heterocycles. The van der Waals surface area contributed by atoms with Crippen molar-refractivity contribution >= 4 is 23.8 Å². The second kappa shape index (κ2) is 8.34. The first kappa shape index (κ1) is 19.1. The Hall–Kier alpha value is -3.68. The van der Waals surface area contributed by atoms with Crippen LogP contribution in [0.5, 0.6) is 11.5 Å². The standard InChI is InChI=1S/C20H19N3O5/c1-27-15-7-5-13(12-16(15)28-2)6-8-17(24)21-10-11-23-19(25)14-4-3-9-22-18(14)20(23)26/h3-9,12H,10-11H2,1-2H3,(H,21,24)/b8-6+. The fourth-order valence-electron chi connectivity index (χ4n) is 2.80. The van der Waals surface area contributed by atoms with Crippen LogP contribution in [-0.4, -0.2) is 54.9 Å². The van der Waals surface area contributed by atoms with Crippen molar-refractivity contribution in [2.45, 2.75) is 0 Å². The average Bonchev–Trinajstić information content (AvgIpc) is 2.97. The summed E-state index contributed by atoms with van der Waals surface area (Å²) in [6, 6.07) is 8.44. The molecule has 3 rings (SSSR count). The third-order valence-corrected chi connectivity index (χ3v) is 4.20. The van der Waals surface area contributed by atoms with E-state index in [-0.39, 0.29) is 30.3 Å². The lowest BCUT2D eigenvalue weighted by Gasteiger charge is -2.13. The van der Waals surface area contributed by atoms with Gasteiger partial charge in [0.1, 0.15) is 5.69 Å². The van der Waals surface area contributed by atoms with Gasteiger partial charge in [0.25, 0.3) is 11.8 Å². The van der Waals surface area contributed by atoms with E-state index in [0.29, 0.717) is 11.5 Å². The van der Waals surface area contributed by atoms with Crippen LogP contribution >= 0.6 is 0 Å². The Labute approximate surface area is 161 Å². The molecule has 0 unspecified atom stereocenters. The van der Waals surface area contributed by atoms with Gasteiger partial charge in [-0.15, -0.1) is 0 Å². The Morgan fingerprint density at radius 3 is 2.64 bits per heavy atom.